The molecule has 2 saturated heterocycles. The molecule has 2 fully saturated rings. The lowest BCUT2D eigenvalue weighted by atomic mass is 9.91. The van der Waals surface area contributed by atoms with E-state index < -0.39 is 0 Å². The predicted molar refractivity (Wildman–Crippen MR) is 151 cm³/mol. The average Bonchev–Trinajstić information content (AvgIpc) is 3.11. The lowest BCUT2D eigenvalue weighted by Gasteiger charge is -2.36. The average molecular weight is 519 g/mol. The molecular weight excluding hydrogens is 488 g/mol. The molecule has 0 N–H and O–H groups in total. The third-order valence-corrected chi connectivity index (χ3v) is 8.23. The Morgan fingerprint density at radius 1 is 1.08 bits per heavy atom. The van der Waals surface area contributed by atoms with Gasteiger partial charge in [0.15, 0.2) is 0 Å². The smallest absolute Gasteiger partial charge is 0.267 e. The minimum atomic E-state index is -0.167. The Morgan fingerprint density at radius 2 is 1.81 bits per heavy atom. The number of piperidine rings is 1. The Bertz CT molecular complexity index is 1410. The van der Waals surface area contributed by atoms with Crippen molar-refractivity contribution in [1.82, 2.24) is 14.3 Å². The maximum absolute atomic E-state index is 13.8. The highest BCUT2D eigenvalue weighted by Crippen LogP contribution is 2.34. The van der Waals surface area contributed by atoms with E-state index in [4.69, 9.17) is 17.2 Å². The van der Waals surface area contributed by atoms with E-state index in [1.54, 1.807) is 21.6 Å². The quantitative estimate of drug-likeness (QED) is 0.353. The molecule has 2 atom stereocenters. The first kappa shape index (κ1) is 24.7. The van der Waals surface area contributed by atoms with Crippen molar-refractivity contribution in [3.63, 3.8) is 0 Å². The maximum atomic E-state index is 13.8. The number of benzene rings is 1. The molecule has 4 heterocycles. The van der Waals surface area contributed by atoms with Gasteiger partial charge < -0.3 is 4.90 Å². The van der Waals surface area contributed by atoms with E-state index in [1.165, 1.54) is 11.8 Å². The Morgan fingerprint density at radius 3 is 2.53 bits per heavy atom. The molecule has 2 aliphatic heterocycles. The van der Waals surface area contributed by atoms with Crippen LogP contribution in [0.15, 0.2) is 58.4 Å². The molecule has 0 aliphatic carbocycles. The van der Waals surface area contributed by atoms with Gasteiger partial charge in [0.2, 0.25) is 0 Å². The monoisotopic (exact) mass is 518 g/mol. The van der Waals surface area contributed by atoms with Crippen LogP contribution in [0.5, 0.6) is 0 Å². The molecule has 0 spiro atoms. The predicted octanol–water partition coefficient (Wildman–Crippen LogP) is 4.93. The molecule has 0 saturated carbocycles. The second-order valence-electron chi connectivity index (χ2n) is 9.96. The van der Waals surface area contributed by atoms with Gasteiger partial charge in [0, 0.05) is 25.8 Å². The van der Waals surface area contributed by atoms with Gasteiger partial charge in [-0.2, -0.15) is 0 Å². The highest BCUT2D eigenvalue weighted by Gasteiger charge is 2.33. The van der Waals surface area contributed by atoms with Gasteiger partial charge in [-0.05, 0) is 54.9 Å². The van der Waals surface area contributed by atoms with E-state index in [1.807, 2.05) is 49.4 Å². The van der Waals surface area contributed by atoms with Crippen LogP contribution in [0.1, 0.15) is 37.0 Å². The molecule has 0 unspecified atom stereocenters. The number of carbonyl (C=O) groups excluding carboxylic acids is 1. The molecule has 1 amide bonds. The molecule has 1 aromatic carbocycles. The van der Waals surface area contributed by atoms with Crippen LogP contribution in [0.2, 0.25) is 0 Å². The summed E-state index contributed by atoms with van der Waals surface area (Å²) in [6.45, 7) is 8.60. The van der Waals surface area contributed by atoms with Gasteiger partial charge in [-0.3, -0.25) is 18.9 Å². The Kier molecular flexibility index (Phi) is 6.99. The Balaban J connectivity index is 1.54. The number of amides is 1. The standard InChI is InChI=1S/C28H30N4O2S2/c1-18-14-19(2)17-30(16-18)25-22(26(33)31-12-7-8-20(3)24(31)29-25)15-23-27(34)32(28(35)36-23)13-11-21-9-5-4-6-10-21/h4-10,12,15,18-19H,11,13-14,16-17H2,1-3H3/b23-15+/t18-,19-/m0/s1. The molecule has 0 bridgehead atoms. The minimum absolute atomic E-state index is 0.152. The van der Waals surface area contributed by atoms with Crippen LogP contribution < -0.4 is 10.5 Å². The van der Waals surface area contributed by atoms with E-state index in [9.17, 15) is 9.59 Å². The summed E-state index contributed by atoms with van der Waals surface area (Å²) in [4.78, 5) is 36.4. The van der Waals surface area contributed by atoms with E-state index in [-0.39, 0.29) is 11.5 Å². The highest BCUT2D eigenvalue weighted by molar-refractivity contribution is 8.26. The molecule has 36 heavy (non-hydrogen) atoms. The van der Waals surface area contributed by atoms with Crippen LogP contribution in [0, 0.1) is 18.8 Å². The fraction of sp³-hybridized carbons (Fsp3) is 0.357. The van der Waals surface area contributed by atoms with Crippen molar-refractivity contribution in [3.8, 4) is 0 Å². The first-order chi connectivity index (χ1) is 17.3. The van der Waals surface area contributed by atoms with Gasteiger partial charge in [-0.1, -0.05) is 74.2 Å². The zero-order valence-electron chi connectivity index (χ0n) is 20.8. The fourth-order valence-electron chi connectivity index (χ4n) is 5.21. The third kappa shape index (κ3) is 4.84. The highest BCUT2D eigenvalue weighted by atomic mass is 32.2. The number of hydrogen-bond donors (Lipinski definition) is 0. The summed E-state index contributed by atoms with van der Waals surface area (Å²) in [6.07, 6.45) is 5.32. The topological polar surface area (TPSA) is 57.9 Å². The number of thioether (sulfide) groups is 1. The summed E-state index contributed by atoms with van der Waals surface area (Å²) in [6, 6.07) is 13.9. The van der Waals surface area contributed by atoms with Crippen LogP contribution in [0.25, 0.3) is 11.7 Å². The van der Waals surface area contributed by atoms with Crippen molar-refractivity contribution in [2.75, 3.05) is 24.5 Å². The molecular formula is C28H30N4O2S2. The van der Waals surface area contributed by atoms with Crippen LogP contribution in [-0.2, 0) is 11.2 Å². The zero-order chi connectivity index (χ0) is 25.4. The van der Waals surface area contributed by atoms with Gasteiger partial charge in [0.25, 0.3) is 11.5 Å². The van der Waals surface area contributed by atoms with E-state index >= 15 is 0 Å². The van der Waals surface area contributed by atoms with Gasteiger partial charge in [-0.15, -0.1) is 0 Å². The van der Waals surface area contributed by atoms with Gasteiger partial charge in [0.05, 0.1) is 10.5 Å². The van der Waals surface area contributed by atoms with E-state index in [2.05, 4.69) is 18.7 Å². The number of aryl methyl sites for hydroxylation is 1. The normalized spacial score (nSPS) is 21.7. The number of hydrogen-bond acceptors (Lipinski definition) is 6. The first-order valence-electron chi connectivity index (χ1n) is 12.4. The largest absolute Gasteiger partial charge is 0.355 e. The van der Waals surface area contributed by atoms with Crippen molar-refractivity contribution in [1.29, 1.82) is 0 Å². The minimum Gasteiger partial charge on any atom is -0.355 e. The van der Waals surface area contributed by atoms with E-state index in [0.29, 0.717) is 44.6 Å². The van der Waals surface area contributed by atoms with Crippen LogP contribution >= 0.6 is 24.0 Å². The second kappa shape index (κ2) is 10.2. The lowest BCUT2D eigenvalue weighted by Crippen LogP contribution is -2.40. The summed E-state index contributed by atoms with van der Waals surface area (Å²) in [5, 5.41) is 0. The lowest BCUT2D eigenvalue weighted by molar-refractivity contribution is -0.122. The summed E-state index contributed by atoms with van der Waals surface area (Å²) < 4.78 is 2.10. The number of rotatable bonds is 5. The van der Waals surface area contributed by atoms with Crippen LogP contribution in [0.3, 0.4) is 0 Å². The molecule has 186 valence electrons. The van der Waals surface area contributed by atoms with Gasteiger partial charge in [-0.25, -0.2) is 4.98 Å². The van der Waals surface area contributed by atoms with Crippen molar-refractivity contribution in [2.45, 2.75) is 33.6 Å². The van der Waals surface area contributed by atoms with Crippen molar-refractivity contribution < 1.29 is 4.79 Å². The molecule has 8 heteroatoms. The number of carbonyl (C=O) groups is 1. The molecule has 3 aromatic rings. The second-order valence-corrected chi connectivity index (χ2v) is 11.6. The molecule has 5 rings (SSSR count). The number of pyridine rings is 1. The van der Waals surface area contributed by atoms with E-state index in [0.717, 1.165) is 37.1 Å². The summed E-state index contributed by atoms with van der Waals surface area (Å²) in [5.41, 5.74) is 3.02. The third-order valence-electron chi connectivity index (χ3n) is 6.85. The number of thiocarbonyl (C=S) groups is 1. The Labute approximate surface area is 221 Å². The van der Waals surface area contributed by atoms with Gasteiger partial charge in [0.1, 0.15) is 15.8 Å². The summed E-state index contributed by atoms with van der Waals surface area (Å²) in [5.74, 6) is 1.49. The SMILES string of the molecule is Cc1cccn2c(=O)c(/C=C3/SC(=S)N(CCc4ccccc4)C3=O)c(N3C[C@@H](C)C[C@H](C)C3)nc12. The molecule has 0 radical (unpaired) electrons. The van der Waals surface area contributed by atoms with Crippen molar-refractivity contribution in [3.05, 3.63) is 80.6 Å². The fourth-order valence-corrected chi connectivity index (χ4v) is 6.50. The van der Waals surface area contributed by atoms with Crippen LogP contribution in [0.4, 0.5) is 5.82 Å². The molecule has 2 aliphatic rings. The van der Waals surface area contributed by atoms with Crippen LogP contribution in [-0.4, -0.2) is 44.1 Å². The zero-order valence-corrected chi connectivity index (χ0v) is 22.4. The summed E-state index contributed by atoms with van der Waals surface area (Å²) in [7, 11) is 0. The van der Waals surface area contributed by atoms with Crippen molar-refractivity contribution in [2.24, 2.45) is 11.8 Å². The van der Waals surface area contributed by atoms with Crippen molar-refractivity contribution >= 4 is 51.7 Å². The summed E-state index contributed by atoms with van der Waals surface area (Å²) >= 11 is 6.82. The van der Waals surface area contributed by atoms with Gasteiger partial charge >= 0.3 is 0 Å². The number of aromatic nitrogens is 2. The molecule has 6 nitrogen and oxygen atoms in total. The number of nitrogens with zero attached hydrogens (tertiary/aromatic N) is 4. The first-order valence-corrected chi connectivity index (χ1v) is 13.6. The Hall–Kier alpha value is -2.97. The maximum Gasteiger partial charge on any atom is 0.267 e. The number of fused-ring (bicyclic) bond motifs is 1. The molecule has 2 aromatic heterocycles. The number of anilines is 1.